The van der Waals surface area contributed by atoms with Gasteiger partial charge >= 0.3 is 0 Å². The highest BCUT2D eigenvalue weighted by Gasteiger charge is 2.27. The first-order valence-electron chi connectivity index (χ1n) is 9.92. The number of allylic oxidation sites excluding steroid dienone is 3. The Morgan fingerprint density at radius 1 is 1.13 bits per heavy atom. The van der Waals surface area contributed by atoms with Crippen LogP contribution in [-0.2, 0) is 4.79 Å². The Balaban J connectivity index is 1.92. The maximum absolute atomic E-state index is 12.6. The number of hydrogen-bond donors (Lipinski definition) is 1. The smallest absolute Gasteiger partial charge is 0.291 e. The summed E-state index contributed by atoms with van der Waals surface area (Å²) in [6.45, 7) is 7.98. The van der Waals surface area contributed by atoms with Crippen LogP contribution in [0.3, 0.4) is 0 Å². The molecule has 0 aliphatic heterocycles. The van der Waals surface area contributed by atoms with Crippen molar-refractivity contribution in [3.8, 4) is 0 Å². The number of halogens is 1. The summed E-state index contributed by atoms with van der Waals surface area (Å²) < 4.78 is 5.08. The van der Waals surface area contributed by atoms with E-state index >= 15 is 0 Å². The Labute approximate surface area is 180 Å². The summed E-state index contributed by atoms with van der Waals surface area (Å²) >= 11 is 6.33. The number of anilines is 1. The highest BCUT2D eigenvalue weighted by Crippen LogP contribution is 2.27. The number of amides is 1. The van der Waals surface area contributed by atoms with E-state index in [-0.39, 0.29) is 16.5 Å². The molecule has 7 heteroatoms. The van der Waals surface area contributed by atoms with Crippen molar-refractivity contribution in [2.45, 2.75) is 27.2 Å². The number of Topliss-reactive ketones (excluding diaryl/α,β-unsaturated/α-hetero) is 1. The second-order valence-electron chi connectivity index (χ2n) is 6.65. The van der Waals surface area contributed by atoms with Crippen molar-refractivity contribution in [1.82, 2.24) is 5.32 Å². The second-order valence-corrected chi connectivity index (χ2v) is 7.03. The quantitative estimate of drug-likeness (QED) is 0.633. The average molecular weight is 426 g/mol. The SMILES string of the molecule is CCC1=C(Cl)C(=O)C(NC(=O)c2ccco2)=CC1=Nc1ccc(N(CC)CC)cc1. The van der Waals surface area contributed by atoms with Gasteiger partial charge in [0.05, 0.1) is 28.4 Å². The van der Waals surface area contributed by atoms with E-state index in [1.807, 2.05) is 31.2 Å². The van der Waals surface area contributed by atoms with Gasteiger partial charge in [-0.15, -0.1) is 0 Å². The van der Waals surface area contributed by atoms with E-state index in [9.17, 15) is 9.59 Å². The van der Waals surface area contributed by atoms with E-state index in [1.165, 1.54) is 12.3 Å². The predicted molar refractivity (Wildman–Crippen MR) is 120 cm³/mol. The fourth-order valence-electron chi connectivity index (χ4n) is 3.24. The fourth-order valence-corrected chi connectivity index (χ4v) is 3.58. The van der Waals surface area contributed by atoms with Crippen LogP contribution in [0.4, 0.5) is 11.4 Å². The van der Waals surface area contributed by atoms with Crippen molar-refractivity contribution in [1.29, 1.82) is 0 Å². The minimum Gasteiger partial charge on any atom is -0.459 e. The zero-order chi connectivity index (χ0) is 21.7. The van der Waals surface area contributed by atoms with E-state index in [1.54, 1.807) is 12.1 Å². The molecular formula is C23H24ClN3O3. The number of benzene rings is 1. The number of aliphatic imine (C=N–C) groups is 1. The lowest BCUT2D eigenvalue weighted by molar-refractivity contribution is -0.112. The van der Waals surface area contributed by atoms with Gasteiger partial charge in [0, 0.05) is 24.4 Å². The Hall–Kier alpha value is -3.12. The monoisotopic (exact) mass is 425 g/mol. The first kappa shape index (κ1) is 21.6. The van der Waals surface area contributed by atoms with Gasteiger partial charge in [-0.25, -0.2) is 4.99 Å². The number of carbonyl (C=O) groups excluding carboxylic acids is 2. The van der Waals surface area contributed by atoms with Gasteiger partial charge in [-0.05, 0) is 62.7 Å². The van der Waals surface area contributed by atoms with Crippen molar-refractivity contribution < 1.29 is 14.0 Å². The Morgan fingerprint density at radius 3 is 2.40 bits per heavy atom. The first-order valence-corrected chi connectivity index (χ1v) is 10.3. The van der Waals surface area contributed by atoms with Crippen molar-refractivity contribution in [2.24, 2.45) is 4.99 Å². The number of nitrogens with zero attached hydrogens (tertiary/aromatic N) is 2. The molecule has 1 aliphatic carbocycles. The van der Waals surface area contributed by atoms with Crippen molar-refractivity contribution in [3.63, 3.8) is 0 Å². The predicted octanol–water partition coefficient (Wildman–Crippen LogP) is 5.00. The third-order valence-corrected chi connectivity index (χ3v) is 5.27. The van der Waals surface area contributed by atoms with Gasteiger partial charge in [-0.3, -0.25) is 9.59 Å². The summed E-state index contributed by atoms with van der Waals surface area (Å²) in [6, 6.07) is 11.0. The molecule has 1 amide bonds. The fraction of sp³-hybridized carbons (Fsp3) is 0.261. The molecule has 0 bridgehead atoms. The molecule has 1 heterocycles. The molecule has 2 aromatic rings. The van der Waals surface area contributed by atoms with Gasteiger partial charge in [-0.1, -0.05) is 18.5 Å². The van der Waals surface area contributed by atoms with E-state index in [4.69, 9.17) is 16.0 Å². The van der Waals surface area contributed by atoms with Gasteiger partial charge < -0.3 is 14.6 Å². The highest BCUT2D eigenvalue weighted by molar-refractivity contribution is 6.49. The lowest BCUT2D eigenvalue weighted by Crippen LogP contribution is -2.31. The second kappa shape index (κ2) is 9.59. The molecule has 0 radical (unpaired) electrons. The number of hydrogen-bond acceptors (Lipinski definition) is 5. The number of carbonyl (C=O) groups is 2. The van der Waals surface area contributed by atoms with Gasteiger partial charge in [-0.2, -0.15) is 0 Å². The first-order chi connectivity index (χ1) is 14.5. The zero-order valence-corrected chi connectivity index (χ0v) is 18.0. The molecule has 0 saturated carbocycles. The number of nitrogens with one attached hydrogen (secondary N) is 1. The molecule has 0 fully saturated rings. The normalized spacial score (nSPS) is 15.4. The summed E-state index contributed by atoms with van der Waals surface area (Å²) in [6.07, 6.45) is 3.49. The van der Waals surface area contributed by atoms with E-state index in [0.717, 1.165) is 24.5 Å². The standard InChI is InChI=1S/C23H24ClN3O3/c1-4-17-18(25-15-9-11-16(12-10-15)27(5-2)6-3)14-19(22(28)21(17)24)26-23(29)20-8-7-13-30-20/h7-14H,4-6H2,1-3H3,(H,26,29). The third kappa shape index (κ3) is 4.54. The average Bonchev–Trinajstić information content (AvgIpc) is 3.29. The van der Waals surface area contributed by atoms with Crippen molar-refractivity contribution in [3.05, 3.63) is 70.8 Å². The van der Waals surface area contributed by atoms with Crippen LogP contribution < -0.4 is 10.2 Å². The molecule has 156 valence electrons. The minimum atomic E-state index is -0.521. The molecular weight excluding hydrogens is 402 g/mol. The van der Waals surface area contributed by atoms with Gasteiger partial charge in [0.1, 0.15) is 0 Å². The van der Waals surface area contributed by atoms with Crippen molar-refractivity contribution in [2.75, 3.05) is 18.0 Å². The molecule has 0 atom stereocenters. The third-order valence-electron chi connectivity index (χ3n) is 4.87. The minimum absolute atomic E-state index is 0.0632. The molecule has 30 heavy (non-hydrogen) atoms. The molecule has 0 spiro atoms. The molecule has 1 aromatic carbocycles. The number of ketones is 1. The maximum atomic E-state index is 12.6. The summed E-state index contributed by atoms with van der Waals surface area (Å²) in [5.74, 6) is -0.855. The molecule has 1 N–H and O–H groups in total. The molecule has 1 aromatic heterocycles. The molecule has 0 saturated heterocycles. The van der Waals surface area contributed by atoms with Crippen LogP contribution in [0.25, 0.3) is 0 Å². The summed E-state index contributed by atoms with van der Waals surface area (Å²) in [4.78, 5) is 31.8. The van der Waals surface area contributed by atoms with Crippen LogP contribution in [0.2, 0.25) is 0 Å². The van der Waals surface area contributed by atoms with Crippen LogP contribution in [0.1, 0.15) is 37.7 Å². The number of rotatable bonds is 7. The van der Waals surface area contributed by atoms with Crippen LogP contribution in [0, 0.1) is 0 Å². The van der Waals surface area contributed by atoms with Crippen LogP contribution in [0.15, 0.2) is 74.4 Å². The van der Waals surface area contributed by atoms with E-state index in [0.29, 0.717) is 17.7 Å². The lowest BCUT2D eigenvalue weighted by atomic mass is 9.97. The van der Waals surface area contributed by atoms with Gasteiger partial charge in [0.25, 0.3) is 5.91 Å². The number of furan rings is 1. The largest absolute Gasteiger partial charge is 0.459 e. The maximum Gasteiger partial charge on any atom is 0.291 e. The Morgan fingerprint density at radius 2 is 1.83 bits per heavy atom. The Bertz CT molecular complexity index is 1010. The molecule has 0 unspecified atom stereocenters. The van der Waals surface area contributed by atoms with Gasteiger partial charge in [0.15, 0.2) is 5.76 Å². The van der Waals surface area contributed by atoms with Crippen LogP contribution in [0.5, 0.6) is 0 Å². The van der Waals surface area contributed by atoms with E-state index in [2.05, 4.69) is 29.1 Å². The van der Waals surface area contributed by atoms with Gasteiger partial charge in [0.2, 0.25) is 5.78 Å². The van der Waals surface area contributed by atoms with Crippen LogP contribution >= 0.6 is 11.6 Å². The summed E-state index contributed by atoms with van der Waals surface area (Å²) in [5.41, 5.74) is 3.11. The highest BCUT2D eigenvalue weighted by atomic mass is 35.5. The topological polar surface area (TPSA) is 74.9 Å². The van der Waals surface area contributed by atoms with Crippen molar-refractivity contribution >= 4 is 40.4 Å². The van der Waals surface area contributed by atoms with Crippen LogP contribution in [-0.4, -0.2) is 30.5 Å². The lowest BCUT2D eigenvalue weighted by Gasteiger charge is -2.21. The molecule has 6 nitrogen and oxygen atoms in total. The van der Waals surface area contributed by atoms with E-state index < -0.39 is 11.7 Å². The summed E-state index contributed by atoms with van der Waals surface area (Å²) in [5, 5.41) is 2.64. The molecule has 3 rings (SSSR count). The molecule has 1 aliphatic rings. The Kier molecular flexibility index (Phi) is 6.90. The summed E-state index contributed by atoms with van der Waals surface area (Å²) in [7, 11) is 0. The zero-order valence-electron chi connectivity index (χ0n) is 17.2.